The quantitative estimate of drug-likeness (QED) is 0.851. The van der Waals surface area contributed by atoms with Gasteiger partial charge in [-0.25, -0.2) is 0 Å². The average molecular weight is 308 g/mol. The van der Waals surface area contributed by atoms with Crippen molar-refractivity contribution < 1.29 is 9.63 Å². The van der Waals surface area contributed by atoms with Gasteiger partial charge in [0, 0.05) is 6.54 Å². The fraction of sp³-hybridized carbons (Fsp3) is 0.647. The van der Waals surface area contributed by atoms with E-state index in [1.54, 1.807) is 0 Å². The van der Waals surface area contributed by atoms with E-state index >= 15 is 0 Å². The molecule has 0 aliphatic carbocycles. The van der Waals surface area contributed by atoms with E-state index < -0.39 is 8.32 Å². The van der Waals surface area contributed by atoms with Gasteiger partial charge in [0.15, 0.2) is 8.32 Å². The standard InChI is InChI=1S/C17H29NO2Si/c1-17(2,3)21(4,5)20-16-11-12-18(19)15(16)13-14-9-7-6-8-10-14/h6-10,15-16,19H,11-13H2,1-5H3/t15-,16+/m1/s1. The molecular weight excluding hydrogens is 278 g/mol. The summed E-state index contributed by atoms with van der Waals surface area (Å²) >= 11 is 0. The van der Waals surface area contributed by atoms with Gasteiger partial charge in [-0.2, -0.15) is 5.06 Å². The minimum absolute atomic E-state index is 0.0709. The summed E-state index contributed by atoms with van der Waals surface area (Å²) in [4.78, 5) is 0. The number of hydroxylamine groups is 2. The van der Waals surface area contributed by atoms with Crippen LogP contribution in [-0.2, 0) is 10.8 Å². The molecule has 0 spiro atoms. The van der Waals surface area contributed by atoms with Crippen molar-refractivity contribution >= 4 is 8.32 Å². The highest BCUT2D eigenvalue weighted by Crippen LogP contribution is 2.39. The SMILES string of the molecule is CC(C)(C)[Si](C)(C)O[C@H]1CCN(O)[C@@H]1Cc1ccccc1. The van der Waals surface area contributed by atoms with Gasteiger partial charge in [-0.1, -0.05) is 51.1 Å². The minimum atomic E-state index is -1.80. The van der Waals surface area contributed by atoms with Crippen molar-refractivity contribution in [3.05, 3.63) is 35.9 Å². The van der Waals surface area contributed by atoms with E-state index in [9.17, 15) is 5.21 Å². The highest BCUT2D eigenvalue weighted by molar-refractivity contribution is 6.74. The van der Waals surface area contributed by atoms with Gasteiger partial charge in [0.1, 0.15) is 0 Å². The van der Waals surface area contributed by atoms with Crippen LogP contribution in [-0.4, -0.2) is 37.3 Å². The van der Waals surface area contributed by atoms with E-state index in [1.165, 1.54) is 10.6 Å². The summed E-state index contributed by atoms with van der Waals surface area (Å²) in [5.41, 5.74) is 1.26. The summed E-state index contributed by atoms with van der Waals surface area (Å²) in [7, 11) is -1.80. The molecule has 4 heteroatoms. The topological polar surface area (TPSA) is 32.7 Å². The summed E-state index contributed by atoms with van der Waals surface area (Å²) in [6, 6.07) is 10.4. The van der Waals surface area contributed by atoms with Crippen molar-refractivity contribution in [3.8, 4) is 0 Å². The zero-order valence-corrected chi connectivity index (χ0v) is 15.0. The largest absolute Gasteiger partial charge is 0.412 e. The minimum Gasteiger partial charge on any atom is -0.412 e. The lowest BCUT2D eigenvalue weighted by atomic mass is 10.0. The number of nitrogens with zero attached hydrogens (tertiary/aromatic N) is 1. The molecular formula is C17H29NO2Si. The summed E-state index contributed by atoms with van der Waals surface area (Å²) in [6.45, 7) is 12.1. The van der Waals surface area contributed by atoms with E-state index in [2.05, 4.69) is 58.1 Å². The first-order valence-corrected chi connectivity index (χ1v) is 10.8. The van der Waals surface area contributed by atoms with Crippen LogP contribution >= 0.6 is 0 Å². The zero-order chi connectivity index (χ0) is 15.7. The molecule has 0 aromatic heterocycles. The van der Waals surface area contributed by atoms with Crippen molar-refractivity contribution in [2.75, 3.05) is 6.54 Å². The maximum Gasteiger partial charge on any atom is 0.192 e. The molecule has 0 radical (unpaired) electrons. The van der Waals surface area contributed by atoms with Crippen LogP contribution < -0.4 is 0 Å². The van der Waals surface area contributed by atoms with Crippen LogP contribution in [0.25, 0.3) is 0 Å². The smallest absolute Gasteiger partial charge is 0.192 e. The van der Waals surface area contributed by atoms with Crippen LogP contribution in [0, 0.1) is 0 Å². The van der Waals surface area contributed by atoms with Crippen molar-refractivity contribution in [1.29, 1.82) is 0 Å². The molecule has 1 heterocycles. The lowest BCUT2D eigenvalue weighted by Crippen LogP contribution is -2.47. The Morgan fingerprint density at radius 2 is 1.86 bits per heavy atom. The van der Waals surface area contributed by atoms with Gasteiger partial charge in [-0.3, -0.25) is 0 Å². The summed E-state index contributed by atoms with van der Waals surface area (Å²) < 4.78 is 6.56. The third-order valence-electron chi connectivity index (χ3n) is 4.99. The lowest BCUT2D eigenvalue weighted by Gasteiger charge is -2.40. The first-order valence-electron chi connectivity index (χ1n) is 7.88. The molecule has 1 saturated heterocycles. The van der Waals surface area contributed by atoms with E-state index in [1.807, 2.05) is 6.07 Å². The second kappa shape index (κ2) is 6.21. The maximum atomic E-state index is 10.2. The van der Waals surface area contributed by atoms with Crippen LogP contribution in [0.2, 0.25) is 18.1 Å². The predicted molar refractivity (Wildman–Crippen MR) is 89.1 cm³/mol. The number of benzene rings is 1. The Labute approximate surface area is 130 Å². The second-order valence-electron chi connectivity index (χ2n) is 7.63. The van der Waals surface area contributed by atoms with Crippen LogP contribution in [0.4, 0.5) is 0 Å². The molecule has 0 amide bonds. The molecule has 3 nitrogen and oxygen atoms in total. The van der Waals surface area contributed by atoms with E-state index in [0.717, 1.165) is 12.8 Å². The van der Waals surface area contributed by atoms with Gasteiger partial charge in [0.25, 0.3) is 0 Å². The van der Waals surface area contributed by atoms with Crippen molar-refractivity contribution in [2.45, 2.75) is 63.9 Å². The van der Waals surface area contributed by atoms with Crippen molar-refractivity contribution in [1.82, 2.24) is 5.06 Å². The third-order valence-corrected chi connectivity index (χ3v) is 9.50. The Morgan fingerprint density at radius 3 is 2.43 bits per heavy atom. The first kappa shape index (κ1) is 16.7. The molecule has 1 fully saturated rings. The van der Waals surface area contributed by atoms with Gasteiger partial charge in [0.05, 0.1) is 12.1 Å². The average Bonchev–Trinajstić information content (AvgIpc) is 2.71. The predicted octanol–water partition coefficient (Wildman–Crippen LogP) is 4.08. The second-order valence-corrected chi connectivity index (χ2v) is 12.4. The van der Waals surface area contributed by atoms with Crippen LogP contribution in [0.5, 0.6) is 0 Å². The molecule has 0 unspecified atom stereocenters. The first-order chi connectivity index (χ1) is 9.71. The molecule has 2 rings (SSSR count). The van der Waals surface area contributed by atoms with Crippen molar-refractivity contribution in [3.63, 3.8) is 0 Å². The third kappa shape index (κ3) is 3.95. The fourth-order valence-electron chi connectivity index (χ4n) is 2.59. The van der Waals surface area contributed by atoms with Gasteiger partial charge < -0.3 is 9.63 Å². The molecule has 1 aliphatic heterocycles. The number of hydrogen-bond donors (Lipinski definition) is 1. The van der Waals surface area contributed by atoms with E-state index in [4.69, 9.17) is 4.43 Å². The molecule has 0 bridgehead atoms. The summed E-state index contributed by atoms with van der Waals surface area (Å²) in [6.07, 6.45) is 1.90. The highest BCUT2D eigenvalue weighted by atomic mass is 28.4. The summed E-state index contributed by atoms with van der Waals surface area (Å²) in [5, 5.41) is 11.9. The maximum absolute atomic E-state index is 10.2. The Balaban J connectivity index is 2.09. The van der Waals surface area contributed by atoms with Crippen molar-refractivity contribution in [2.24, 2.45) is 0 Å². The van der Waals surface area contributed by atoms with Crippen LogP contribution in [0.1, 0.15) is 32.8 Å². The Bertz CT molecular complexity index is 456. The fourth-order valence-corrected chi connectivity index (χ4v) is 3.98. The van der Waals surface area contributed by atoms with Crippen LogP contribution in [0.15, 0.2) is 30.3 Å². The van der Waals surface area contributed by atoms with E-state index in [-0.39, 0.29) is 17.2 Å². The number of rotatable bonds is 4. The molecule has 21 heavy (non-hydrogen) atoms. The van der Waals surface area contributed by atoms with Crippen LogP contribution in [0.3, 0.4) is 0 Å². The summed E-state index contributed by atoms with van der Waals surface area (Å²) in [5.74, 6) is 0. The molecule has 1 aromatic carbocycles. The van der Waals surface area contributed by atoms with Gasteiger partial charge >= 0.3 is 0 Å². The Hall–Kier alpha value is -0.683. The molecule has 1 aromatic rings. The van der Waals surface area contributed by atoms with E-state index in [0.29, 0.717) is 6.54 Å². The highest BCUT2D eigenvalue weighted by Gasteiger charge is 2.43. The van der Waals surface area contributed by atoms with Gasteiger partial charge in [0.2, 0.25) is 0 Å². The van der Waals surface area contributed by atoms with Gasteiger partial charge in [-0.05, 0) is 36.5 Å². The molecule has 2 atom stereocenters. The van der Waals surface area contributed by atoms with Gasteiger partial charge in [-0.15, -0.1) is 0 Å². The monoisotopic (exact) mass is 307 g/mol. The Morgan fingerprint density at radius 1 is 1.24 bits per heavy atom. The molecule has 1 aliphatic rings. The molecule has 1 N–H and O–H groups in total. The zero-order valence-electron chi connectivity index (χ0n) is 14.0. The molecule has 0 saturated carbocycles. The Kier molecular flexibility index (Phi) is 4.93. The normalized spacial score (nSPS) is 24.5. The lowest BCUT2D eigenvalue weighted by molar-refractivity contribution is -0.114. The molecule has 118 valence electrons. The number of hydrogen-bond acceptors (Lipinski definition) is 3.